The van der Waals surface area contributed by atoms with E-state index in [0.717, 1.165) is 5.56 Å². The van der Waals surface area contributed by atoms with E-state index in [1.54, 1.807) is 18.2 Å². The lowest BCUT2D eigenvalue weighted by molar-refractivity contribution is -0.142. The summed E-state index contributed by atoms with van der Waals surface area (Å²) in [6, 6.07) is 13.0. The predicted octanol–water partition coefficient (Wildman–Crippen LogP) is 4.67. The number of halogens is 1. The van der Waals surface area contributed by atoms with Crippen LogP contribution in [0, 0.1) is 0 Å². The lowest BCUT2D eigenvalue weighted by Crippen LogP contribution is -2.05. The number of carbonyl (C=O) groups excluding carboxylic acids is 1. The van der Waals surface area contributed by atoms with Gasteiger partial charge in [0.1, 0.15) is 6.10 Å². The van der Waals surface area contributed by atoms with Crippen LogP contribution in [0.1, 0.15) is 24.2 Å². The van der Waals surface area contributed by atoms with E-state index in [0.29, 0.717) is 22.1 Å². The van der Waals surface area contributed by atoms with Crippen LogP contribution in [0.2, 0.25) is 5.02 Å². The van der Waals surface area contributed by atoms with Crippen molar-refractivity contribution in [2.75, 3.05) is 14.2 Å². The van der Waals surface area contributed by atoms with E-state index in [2.05, 4.69) is 0 Å². The van der Waals surface area contributed by atoms with Gasteiger partial charge in [-0.15, -0.1) is 0 Å². The quantitative estimate of drug-likeness (QED) is 0.563. The van der Waals surface area contributed by atoms with Crippen LogP contribution in [-0.2, 0) is 9.53 Å². The van der Waals surface area contributed by atoms with Gasteiger partial charge in [0.05, 0.1) is 19.2 Å². The van der Waals surface area contributed by atoms with E-state index in [1.165, 1.54) is 20.3 Å². The Hall–Kier alpha value is -2.46. The summed E-state index contributed by atoms with van der Waals surface area (Å²) in [5.74, 6) is 0.518. The smallest absolute Gasteiger partial charge is 0.331 e. The van der Waals surface area contributed by atoms with Crippen molar-refractivity contribution in [2.24, 2.45) is 0 Å². The fourth-order valence-electron chi connectivity index (χ4n) is 2.20. The van der Waals surface area contributed by atoms with Crippen LogP contribution in [0.3, 0.4) is 0 Å². The van der Waals surface area contributed by atoms with Crippen molar-refractivity contribution in [2.45, 2.75) is 13.0 Å². The molecule has 0 unspecified atom stereocenters. The zero-order valence-corrected chi connectivity index (χ0v) is 14.5. The first-order valence-corrected chi connectivity index (χ1v) is 7.78. The molecular weight excluding hydrogens is 328 g/mol. The van der Waals surface area contributed by atoms with Crippen molar-refractivity contribution < 1.29 is 19.0 Å². The summed E-state index contributed by atoms with van der Waals surface area (Å²) in [7, 11) is 3.04. The molecule has 2 aromatic rings. The van der Waals surface area contributed by atoms with Gasteiger partial charge in [-0.25, -0.2) is 4.79 Å². The summed E-state index contributed by atoms with van der Waals surface area (Å²) in [5.41, 5.74) is 1.65. The van der Waals surface area contributed by atoms with Gasteiger partial charge in [-0.05, 0) is 36.3 Å². The number of benzene rings is 2. The molecule has 0 aliphatic carbocycles. The average Bonchev–Trinajstić information content (AvgIpc) is 2.60. The van der Waals surface area contributed by atoms with Gasteiger partial charge >= 0.3 is 5.97 Å². The lowest BCUT2D eigenvalue weighted by Gasteiger charge is -2.12. The van der Waals surface area contributed by atoms with E-state index in [4.69, 9.17) is 25.8 Å². The molecule has 4 nitrogen and oxygen atoms in total. The lowest BCUT2D eigenvalue weighted by atomic mass is 10.1. The van der Waals surface area contributed by atoms with Crippen LogP contribution in [0.25, 0.3) is 6.08 Å². The van der Waals surface area contributed by atoms with E-state index in [1.807, 2.05) is 37.3 Å². The van der Waals surface area contributed by atoms with Gasteiger partial charge in [0.25, 0.3) is 0 Å². The number of carbonyl (C=O) groups is 1. The zero-order valence-electron chi connectivity index (χ0n) is 13.8. The van der Waals surface area contributed by atoms with E-state index in [-0.39, 0.29) is 6.10 Å². The third kappa shape index (κ3) is 4.52. The molecule has 2 aromatic carbocycles. The second-order valence-electron chi connectivity index (χ2n) is 5.06. The van der Waals surface area contributed by atoms with Gasteiger partial charge in [0.2, 0.25) is 0 Å². The maximum absolute atomic E-state index is 12.0. The normalized spacial score (nSPS) is 12.0. The highest BCUT2D eigenvalue weighted by Crippen LogP contribution is 2.36. The molecule has 0 aliphatic rings. The van der Waals surface area contributed by atoms with Gasteiger partial charge in [0.15, 0.2) is 11.5 Å². The minimum absolute atomic E-state index is 0.322. The Morgan fingerprint density at radius 1 is 1.12 bits per heavy atom. The molecule has 0 radical (unpaired) electrons. The first-order valence-electron chi connectivity index (χ1n) is 7.40. The summed E-state index contributed by atoms with van der Waals surface area (Å²) >= 11 is 6.14. The van der Waals surface area contributed by atoms with Crippen LogP contribution in [0.15, 0.2) is 48.5 Å². The molecule has 0 spiro atoms. The molecule has 126 valence electrons. The highest BCUT2D eigenvalue weighted by Gasteiger charge is 2.11. The van der Waals surface area contributed by atoms with Crippen molar-refractivity contribution in [3.8, 4) is 11.5 Å². The second kappa shape index (κ2) is 8.41. The molecule has 0 bridgehead atoms. The molecule has 0 heterocycles. The molecule has 24 heavy (non-hydrogen) atoms. The third-order valence-electron chi connectivity index (χ3n) is 3.43. The Bertz CT molecular complexity index is 726. The number of hydrogen-bond donors (Lipinski definition) is 0. The van der Waals surface area contributed by atoms with Crippen LogP contribution < -0.4 is 9.47 Å². The van der Waals surface area contributed by atoms with Gasteiger partial charge in [0, 0.05) is 6.08 Å². The Kier molecular flexibility index (Phi) is 6.27. The van der Waals surface area contributed by atoms with Crippen molar-refractivity contribution >= 4 is 23.6 Å². The Morgan fingerprint density at radius 3 is 2.46 bits per heavy atom. The van der Waals surface area contributed by atoms with E-state index >= 15 is 0 Å². The molecule has 1 atom stereocenters. The zero-order chi connectivity index (χ0) is 17.5. The summed E-state index contributed by atoms with van der Waals surface area (Å²) < 4.78 is 15.8. The molecule has 0 aromatic heterocycles. The number of esters is 1. The van der Waals surface area contributed by atoms with Crippen LogP contribution in [0.4, 0.5) is 0 Å². The molecule has 0 saturated heterocycles. The Morgan fingerprint density at radius 2 is 1.83 bits per heavy atom. The second-order valence-corrected chi connectivity index (χ2v) is 5.47. The number of methoxy groups -OCH3 is 2. The highest BCUT2D eigenvalue weighted by atomic mass is 35.5. The third-order valence-corrected chi connectivity index (χ3v) is 3.71. The van der Waals surface area contributed by atoms with Gasteiger partial charge in [-0.1, -0.05) is 41.9 Å². The number of ether oxygens (including phenoxy) is 3. The van der Waals surface area contributed by atoms with E-state index in [9.17, 15) is 4.79 Å². The SMILES string of the molecule is COc1cc(/C=C/C(=O)O[C@H](C)c2ccccc2)cc(Cl)c1OC. The largest absolute Gasteiger partial charge is 0.493 e. The minimum Gasteiger partial charge on any atom is -0.493 e. The van der Waals surface area contributed by atoms with Gasteiger partial charge in [-0.2, -0.15) is 0 Å². The first kappa shape index (κ1) is 17.9. The maximum atomic E-state index is 12.0. The highest BCUT2D eigenvalue weighted by molar-refractivity contribution is 6.32. The molecular formula is C19H19ClO4. The molecule has 0 amide bonds. The minimum atomic E-state index is -0.433. The fourth-order valence-corrected chi connectivity index (χ4v) is 2.50. The maximum Gasteiger partial charge on any atom is 0.331 e. The molecule has 2 rings (SSSR count). The Balaban J connectivity index is 2.07. The van der Waals surface area contributed by atoms with Crippen molar-refractivity contribution in [3.63, 3.8) is 0 Å². The van der Waals surface area contributed by atoms with Gasteiger partial charge in [-0.3, -0.25) is 0 Å². The van der Waals surface area contributed by atoms with Crippen LogP contribution in [0.5, 0.6) is 11.5 Å². The molecule has 0 aliphatic heterocycles. The van der Waals surface area contributed by atoms with Gasteiger partial charge < -0.3 is 14.2 Å². The number of hydrogen-bond acceptors (Lipinski definition) is 4. The standard InChI is InChI=1S/C19H19ClO4/c1-13(15-7-5-4-6-8-15)24-18(21)10-9-14-11-16(20)19(23-3)17(12-14)22-2/h4-13H,1-3H3/b10-9+/t13-/m1/s1. The van der Waals surface area contributed by atoms with Crippen molar-refractivity contribution in [1.29, 1.82) is 0 Å². The van der Waals surface area contributed by atoms with Crippen molar-refractivity contribution in [1.82, 2.24) is 0 Å². The molecule has 0 saturated carbocycles. The molecule has 0 N–H and O–H groups in total. The monoisotopic (exact) mass is 346 g/mol. The summed E-state index contributed by atoms with van der Waals surface area (Å²) in [6.45, 7) is 1.83. The van der Waals surface area contributed by atoms with Crippen molar-refractivity contribution in [3.05, 3.63) is 64.7 Å². The summed E-state index contributed by atoms with van der Waals surface area (Å²) in [5, 5.41) is 0.405. The predicted molar refractivity (Wildman–Crippen MR) is 94.5 cm³/mol. The molecule has 0 fully saturated rings. The fraction of sp³-hybridized carbons (Fsp3) is 0.211. The average molecular weight is 347 g/mol. The summed E-state index contributed by atoms with van der Waals surface area (Å²) in [4.78, 5) is 12.0. The molecule has 5 heteroatoms. The van der Waals surface area contributed by atoms with E-state index < -0.39 is 5.97 Å². The van der Waals surface area contributed by atoms with Crippen LogP contribution >= 0.6 is 11.6 Å². The number of rotatable bonds is 6. The summed E-state index contributed by atoms with van der Waals surface area (Å²) in [6.07, 6.45) is 2.66. The topological polar surface area (TPSA) is 44.8 Å². The van der Waals surface area contributed by atoms with Crippen LogP contribution in [-0.4, -0.2) is 20.2 Å². The first-order chi connectivity index (χ1) is 11.5. The Labute approximate surface area is 146 Å².